The van der Waals surface area contributed by atoms with E-state index >= 15 is 0 Å². The second-order valence-corrected chi connectivity index (χ2v) is 17.5. The van der Waals surface area contributed by atoms with Crippen LogP contribution < -0.4 is 28.7 Å². The molecule has 2 aliphatic rings. The van der Waals surface area contributed by atoms with Crippen molar-refractivity contribution in [3.63, 3.8) is 0 Å². The van der Waals surface area contributed by atoms with E-state index in [2.05, 4.69) is 24.3 Å². The van der Waals surface area contributed by atoms with Crippen LogP contribution in [0.5, 0.6) is 23.0 Å². The number of carbonyl (C=O) groups is 2. The molecule has 0 atom stereocenters. The first-order valence-corrected chi connectivity index (χ1v) is 24.3. The summed E-state index contributed by atoms with van der Waals surface area (Å²) < 4.78 is 23.0. The van der Waals surface area contributed by atoms with Crippen LogP contribution in [0.3, 0.4) is 0 Å². The van der Waals surface area contributed by atoms with Crippen molar-refractivity contribution in [2.75, 3.05) is 57.9 Å². The van der Waals surface area contributed by atoms with Gasteiger partial charge in [-0.3, -0.25) is 19.6 Å². The number of nitrogens with zero attached hydrogens (tertiary/aromatic N) is 6. The molecule has 2 amide bonds. The fourth-order valence-corrected chi connectivity index (χ4v) is 9.40. The summed E-state index contributed by atoms with van der Waals surface area (Å²) in [5.74, 6) is 2.43. The smallest absolute Gasteiger partial charge is 0.248 e. The SMILES string of the molecule is COc1ccccc1-c1cc2c(cc1OC)N(CCc1ccccc1)C(=O)CN=C2c1cccc(C#N)c1.COc1ccccc1-c1cc2c(cc1OC)N(Cc1ccccc1)C(=O)CN=C2c1cccc(C#N)c1. The quantitative estimate of drug-likeness (QED) is 0.111. The number of carbonyl (C=O) groups excluding carboxylic acids is 2. The van der Waals surface area contributed by atoms with Gasteiger partial charge < -0.3 is 28.7 Å². The molecule has 0 saturated carbocycles. The lowest BCUT2D eigenvalue weighted by molar-refractivity contribution is -0.118. The topological polar surface area (TPSA) is 150 Å². The fraction of sp³-hybridized carbons (Fsp3) is 0.143. The number of hydrogen-bond acceptors (Lipinski definition) is 10. The molecule has 2 heterocycles. The number of hydrogen-bond donors (Lipinski definition) is 0. The molecule has 12 nitrogen and oxygen atoms in total. The van der Waals surface area contributed by atoms with Crippen LogP contribution in [0.15, 0.2) is 192 Å². The van der Waals surface area contributed by atoms with Gasteiger partial charge in [0.05, 0.1) is 81.0 Å². The minimum Gasteiger partial charge on any atom is -0.496 e. The van der Waals surface area contributed by atoms with E-state index in [1.54, 1.807) is 62.5 Å². The summed E-state index contributed by atoms with van der Waals surface area (Å²) in [6.45, 7) is 0.876. The van der Waals surface area contributed by atoms with E-state index in [4.69, 9.17) is 28.9 Å². The zero-order chi connectivity index (χ0) is 52.3. The van der Waals surface area contributed by atoms with Gasteiger partial charge in [0, 0.05) is 63.2 Å². The highest BCUT2D eigenvalue weighted by Gasteiger charge is 2.30. The Hall–Kier alpha value is -9.78. The molecule has 8 aromatic carbocycles. The zero-order valence-electron chi connectivity index (χ0n) is 42.0. The standard InChI is InChI=1S/C32H27N3O3.C31H25N3O3/c1-37-29-14-7-6-13-25(29)26-18-27-28(19-30(26)38-2)35(16-15-22-9-4-3-5-10-22)31(36)21-34-32(27)24-12-8-11-23(17-24)20-33;1-36-28-14-7-6-13-24(28)25-16-26-27(17-29(25)37-2)34(20-21-9-4-3-5-10-21)30(35)19-33-31(26)23-12-8-11-22(15-23)18-32/h3-14,17-19H,15-16,21H2,1-2H3;3-17H,19-20H2,1-2H3. The van der Waals surface area contributed by atoms with E-state index in [0.717, 1.165) is 61.3 Å². The maximum Gasteiger partial charge on any atom is 0.248 e. The van der Waals surface area contributed by atoms with Crippen molar-refractivity contribution in [3.8, 4) is 57.4 Å². The first kappa shape index (κ1) is 50.2. The molecule has 0 spiro atoms. The Bertz CT molecular complexity index is 3560. The van der Waals surface area contributed by atoms with Crippen molar-refractivity contribution in [3.05, 3.63) is 226 Å². The van der Waals surface area contributed by atoms with Crippen molar-refractivity contribution < 1.29 is 28.5 Å². The molecular formula is C63H52N6O6. The molecule has 0 radical (unpaired) electrons. The second kappa shape index (κ2) is 23.2. The Morgan fingerprint density at radius 3 is 1.33 bits per heavy atom. The van der Waals surface area contributed by atoms with Gasteiger partial charge in [-0.15, -0.1) is 0 Å². The average molecular weight is 989 g/mol. The molecule has 8 aromatic rings. The normalized spacial score (nSPS) is 12.7. The summed E-state index contributed by atoms with van der Waals surface area (Å²) in [6.07, 6.45) is 0.696. The van der Waals surface area contributed by atoms with E-state index in [-0.39, 0.29) is 24.9 Å². The molecule has 0 aliphatic carbocycles. The number of anilines is 2. The Kier molecular flexibility index (Phi) is 15.5. The lowest BCUT2D eigenvalue weighted by Crippen LogP contribution is -2.34. The minimum absolute atomic E-state index is 0.00188. The van der Waals surface area contributed by atoms with Crippen LogP contribution in [-0.4, -0.2) is 71.3 Å². The van der Waals surface area contributed by atoms with Crippen LogP contribution in [-0.2, 0) is 22.6 Å². The lowest BCUT2D eigenvalue weighted by atomic mass is 9.93. The number of benzene rings is 8. The van der Waals surface area contributed by atoms with E-state index in [9.17, 15) is 20.1 Å². The first-order valence-electron chi connectivity index (χ1n) is 24.3. The van der Waals surface area contributed by atoms with E-state index in [0.29, 0.717) is 70.7 Å². The molecular weight excluding hydrogens is 937 g/mol. The van der Waals surface area contributed by atoms with Gasteiger partial charge in [0.15, 0.2) is 0 Å². The van der Waals surface area contributed by atoms with Crippen molar-refractivity contribution in [2.45, 2.75) is 13.0 Å². The summed E-state index contributed by atoms with van der Waals surface area (Å²) in [5, 5.41) is 19.0. The maximum absolute atomic E-state index is 13.5. The van der Waals surface area contributed by atoms with Gasteiger partial charge in [0.25, 0.3) is 0 Å². The number of benzodiazepines with no additional fused rings is 2. The van der Waals surface area contributed by atoms with Gasteiger partial charge in [0.2, 0.25) is 11.8 Å². The molecule has 12 heteroatoms. The Morgan fingerprint density at radius 2 is 0.867 bits per heavy atom. The van der Waals surface area contributed by atoms with E-state index in [1.807, 2.05) is 146 Å². The third-order valence-electron chi connectivity index (χ3n) is 13.0. The van der Waals surface area contributed by atoms with Gasteiger partial charge in [-0.2, -0.15) is 10.5 Å². The molecule has 0 unspecified atom stereocenters. The average Bonchev–Trinajstić information content (AvgIpc) is 3.69. The zero-order valence-corrected chi connectivity index (χ0v) is 42.0. The number of amides is 2. The van der Waals surface area contributed by atoms with Crippen LogP contribution >= 0.6 is 0 Å². The second-order valence-electron chi connectivity index (χ2n) is 17.5. The molecule has 2 aliphatic heterocycles. The monoisotopic (exact) mass is 988 g/mol. The van der Waals surface area contributed by atoms with Crippen LogP contribution in [0.25, 0.3) is 22.3 Å². The van der Waals surface area contributed by atoms with Gasteiger partial charge >= 0.3 is 0 Å². The van der Waals surface area contributed by atoms with Crippen LogP contribution in [0.2, 0.25) is 0 Å². The largest absolute Gasteiger partial charge is 0.496 e. The summed E-state index contributed by atoms with van der Waals surface area (Å²) in [5.41, 5.74) is 12.4. The number of ether oxygens (including phenoxy) is 4. The van der Waals surface area contributed by atoms with Crippen molar-refractivity contribution in [1.82, 2.24) is 0 Å². The van der Waals surface area contributed by atoms with Crippen molar-refractivity contribution in [1.29, 1.82) is 10.5 Å². The third kappa shape index (κ3) is 10.9. The number of methoxy groups -OCH3 is 4. The Labute approximate surface area is 436 Å². The number of para-hydroxylation sites is 2. The van der Waals surface area contributed by atoms with Gasteiger partial charge in [-0.25, -0.2) is 0 Å². The van der Waals surface area contributed by atoms with E-state index in [1.165, 1.54) is 0 Å². The molecule has 75 heavy (non-hydrogen) atoms. The molecule has 0 N–H and O–H groups in total. The number of rotatable bonds is 13. The maximum atomic E-state index is 13.5. The number of fused-ring (bicyclic) bond motifs is 2. The molecule has 0 saturated heterocycles. The highest BCUT2D eigenvalue weighted by molar-refractivity contribution is 6.21. The fourth-order valence-electron chi connectivity index (χ4n) is 9.40. The lowest BCUT2D eigenvalue weighted by Gasteiger charge is -2.25. The van der Waals surface area contributed by atoms with Crippen LogP contribution in [0.4, 0.5) is 11.4 Å². The van der Waals surface area contributed by atoms with Gasteiger partial charge in [-0.05, 0) is 66.1 Å². The van der Waals surface area contributed by atoms with Gasteiger partial charge in [0.1, 0.15) is 36.1 Å². The summed E-state index contributed by atoms with van der Waals surface area (Å²) in [4.78, 5) is 40.0. The highest BCUT2D eigenvalue weighted by atomic mass is 16.5. The minimum atomic E-state index is -0.122. The number of nitriles is 2. The molecule has 10 rings (SSSR count). The predicted molar refractivity (Wildman–Crippen MR) is 293 cm³/mol. The van der Waals surface area contributed by atoms with Gasteiger partial charge in [-0.1, -0.05) is 121 Å². The predicted octanol–water partition coefficient (Wildman–Crippen LogP) is 11.3. The Balaban J connectivity index is 0.000000184. The van der Waals surface area contributed by atoms with Crippen molar-refractivity contribution in [2.24, 2.45) is 9.98 Å². The third-order valence-corrected chi connectivity index (χ3v) is 13.0. The molecule has 0 aromatic heterocycles. The van der Waals surface area contributed by atoms with E-state index < -0.39 is 0 Å². The summed E-state index contributed by atoms with van der Waals surface area (Å²) >= 11 is 0. The highest BCUT2D eigenvalue weighted by Crippen LogP contribution is 2.44. The number of aliphatic imine (C=N–C) groups is 2. The Morgan fingerprint density at radius 1 is 0.440 bits per heavy atom. The van der Waals surface area contributed by atoms with Crippen LogP contribution in [0, 0.1) is 22.7 Å². The molecule has 0 bridgehead atoms. The first-order chi connectivity index (χ1) is 36.7. The van der Waals surface area contributed by atoms with Crippen molar-refractivity contribution >= 4 is 34.6 Å². The molecule has 370 valence electrons. The molecule has 0 fully saturated rings. The van der Waals surface area contributed by atoms with Crippen LogP contribution in [0.1, 0.15) is 44.5 Å². The summed E-state index contributed by atoms with van der Waals surface area (Å²) in [6, 6.07) is 62.3. The summed E-state index contributed by atoms with van der Waals surface area (Å²) in [7, 11) is 6.51.